The van der Waals surface area contributed by atoms with E-state index in [0.29, 0.717) is 23.0 Å². The average molecular weight is 338 g/mol. The van der Waals surface area contributed by atoms with Crippen molar-refractivity contribution in [1.82, 2.24) is 15.6 Å². The molecule has 0 spiro atoms. The van der Waals surface area contributed by atoms with Gasteiger partial charge in [-0.05, 0) is 49.2 Å². The summed E-state index contributed by atoms with van der Waals surface area (Å²) in [4.78, 5) is 16.1. The fraction of sp³-hybridized carbons (Fsp3) is 0.250. The van der Waals surface area contributed by atoms with Crippen LogP contribution < -0.4 is 10.6 Å². The van der Waals surface area contributed by atoms with Gasteiger partial charge in [-0.2, -0.15) is 0 Å². The molecule has 0 aliphatic heterocycles. The van der Waals surface area contributed by atoms with Crippen molar-refractivity contribution in [2.24, 2.45) is 0 Å². The van der Waals surface area contributed by atoms with E-state index in [1.807, 2.05) is 37.3 Å². The van der Waals surface area contributed by atoms with E-state index in [9.17, 15) is 4.79 Å². The number of carbonyl (C=O) groups excluding carboxylic acids is 1. The van der Waals surface area contributed by atoms with Gasteiger partial charge in [-0.3, -0.25) is 4.98 Å². The number of pyridine rings is 1. The topological polar surface area (TPSA) is 54.0 Å². The first-order valence-corrected chi connectivity index (χ1v) is 7.70. The molecular weight excluding hydrogens is 321 g/mol. The van der Waals surface area contributed by atoms with Crippen molar-refractivity contribution < 1.29 is 4.79 Å². The zero-order valence-corrected chi connectivity index (χ0v) is 13.7. The maximum atomic E-state index is 11.8. The van der Waals surface area contributed by atoms with Crippen molar-refractivity contribution in [3.05, 3.63) is 63.9 Å². The lowest BCUT2D eigenvalue weighted by Crippen LogP contribution is -2.38. The molecule has 0 radical (unpaired) electrons. The Morgan fingerprint density at radius 1 is 1.23 bits per heavy atom. The van der Waals surface area contributed by atoms with Crippen molar-refractivity contribution in [3.8, 4) is 0 Å². The lowest BCUT2D eigenvalue weighted by atomic mass is 10.1. The minimum absolute atomic E-state index is 0.151. The Balaban J connectivity index is 1.78. The zero-order valence-electron chi connectivity index (χ0n) is 12.1. The number of halogens is 2. The molecule has 0 saturated carbocycles. The molecular formula is C16H17Cl2N3O. The van der Waals surface area contributed by atoms with Crippen LogP contribution >= 0.6 is 23.2 Å². The monoisotopic (exact) mass is 337 g/mol. The summed E-state index contributed by atoms with van der Waals surface area (Å²) >= 11 is 11.9. The lowest BCUT2D eigenvalue weighted by Gasteiger charge is -2.14. The molecule has 1 unspecified atom stereocenters. The normalized spacial score (nSPS) is 11.8. The molecule has 2 N–H and O–H groups in total. The van der Waals surface area contributed by atoms with Gasteiger partial charge in [-0.1, -0.05) is 29.3 Å². The van der Waals surface area contributed by atoms with E-state index in [1.54, 1.807) is 12.3 Å². The van der Waals surface area contributed by atoms with Gasteiger partial charge in [0.1, 0.15) is 0 Å². The van der Waals surface area contributed by atoms with Crippen LogP contribution in [0.3, 0.4) is 0 Å². The van der Waals surface area contributed by atoms with Crippen LogP contribution in [0.5, 0.6) is 0 Å². The fourth-order valence-electron chi connectivity index (χ4n) is 2.03. The van der Waals surface area contributed by atoms with Gasteiger partial charge in [-0.25, -0.2) is 4.79 Å². The summed E-state index contributed by atoms with van der Waals surface area (Å²) < 4.78 is 0. The minimum Gasteiger partial charge on any atom is -0.338 e. The second-order valence-corrected chi connectivity index (χ2v) is 5.78. The van der Waals surface area contributed by atoms with Crippen LogP contribution in [0.1, 0.15) is 24.2 Å². The molecule has 4 nitrogen and oxygen atoms in total. The van der Waals surface area contributed by atoms with Crippen LogP contribution in [0.15, 0.2) is 42.6 Å². The standard InChI is InChI=1S/C16H17Cl2N3O/c1-11(15-4-2-3-6-19-15)21-16(22)20-7-5-12-8-13(17)10-14(18)9-12/h2-4,6,8-11H,5,7H2,1H3,(H2,20,21,22). The zero-order chi connectivity index (χ0) is 15.9. The van der Waals surface area contributed by atoms with Crippen LogP contribution in [0.2, 0.25) is 10.0 Å². The summed E-state index contributed by atoms with van der Waals surface area (Å²) in [6.45, 7) is 2.39. The predicted octanol–water partition coefficient (Wildman–Crippen LogP) is 3.99. The lowest BCUT2D eigenvalue weighted by molar-refractivity contribution is 0.238. The minimum atomic E-state index is -0.230. The third-order valence-electron chi connectivity index (χ3n) is 3.10. The van der Waals surface area contributed by atoms with Crippen molar-refractivity contribution >= 4 is 29.2 Å². The summed E-state index contributed by atoms with van der Waals surface area (Å²) in [6.07, 6.45) is 2.36. The Kier molecular flexibility index (Phi) is 6.04. The Hall–Kier alpha value is -1.78. The number of nitrogens with zero attached hydrogens (tertiary/aromatic N) is 1. The quantitative estimate of drug-likeness (QED) is 0.866. The molecule has 22 heavy (non-hydrogen) atoms. The highest BCUT2D eigenvalue weighted by Crippen LogP contribution is 2.19. The summed E-state index contributed by atoms with van der Waals surface area (Å²) in [5, 5.41) is 6.83. The number of hydrogen-bond donors (Lipinski definition) is 2. The first-order valence-electron chi connectivity index (χ1n) is 6.95. The Morgan fingerprint density at radius 2 is 1.95 bits per heavy atom. The molecule has 1 aromatic carbocycles. The van der Waals surface area contributed by atoms with Crippen LogP contribution in [-0.4, -0.2) is 17.6 Å². The van der Waals surface area contributed by atoms with Crippen LogP contribution in [-0.2, 0) is 6.42 Å². The SMILES string of the molecule is CC(NC(=O)NCCc1cc(Cl)cc(Cl)c1)c1ccccn1. The van der Waals surface area contributed by atoms with Gasteiger partial charge in [0.2, 0.25) is 0 Å². The summed E-state index contributed by atoms with van der Waals surface area (Å²) in [7, 11) is 0. The van der Waals surface area contributed by atoms with Crippen molar-refractivity contribution in [1.29, 1.82) is 0 Å². The highest BCUT2D eigenvalue weighted by molar-refractivity contribution is 6.34. The van der Waals surface area contributed by atoms with Gasteiger partial charge in [0.25, 0.3) is 0 Å². The van der Waals surface area contributed by atoms with E-state index in [-0.39, 0.29) is 12.1 Å². The van der Waals surface area contributed by atoms with Gasteiger partial charge >= 0.3 is 6.03 Å². The number of rotatable bonds is 5. The number of hydrogen-bond acceptors (Lipinski definition) is 2. The van der Waals surface area contributed by atoms with E-state index in [2.05, 4.69) is 15.6 Å². The number of urea groups is 1. The average Bonchev–Trinajstić information content (AvgIpc) is 2.47. The third kappa shape index (κ3) is 5.20. The van der Waals surface area contributed by atoms with E-state index in [0.717, 1.165) is 11.3 Å². The molecule has 0 aliphatic rings. The largest absolute Gasteiger partial charge is 0.338 e. The van der Waals surface area contributed by atoms with Gasteiger partial charge in [-0.15, -0.1) is 0 Å². The molecule has 116 valence electrons. The van der Waals surface area contributed by atoms with Gasteiger partial charge in [0.05, 0.1) is 11.7 Å². The van der Waals surface area contributed by atoms with E-state index >= 15 is 0 Å². The molecule has 2 aromatic rings. The van der Waals surface area contributed by atoms with Crippen molar-refractivity contribution in [2.45, 2.75) is 19.4 Å². The number of nitrogens with one attached hydrogen (secondary N) is 2. The summed E-state index contributed by atoms with van der Waals surface area (Å²) in [5.41, 5.74) is 1.80. The first-order chi connectivity index (χ1) is 10.5. The number of aromatic nitrogens is 1. The summed E-state index contributed by atoms with van der Waals surface area (Å²) in [5.74, 6) is 0. The Labute approximate surface area is 139 Å². The van der Waals surface area contributed by atoms with Crippen molar-refractivity contribution in [3.63, 3.8) is 0 Å². The Bertz CT molecular complexity index is 614. The fourth-order valence-corrected chi connectivity index (χ4v) is 2.60. The van der Waals surface area contributed by atoms with Crippen LogP contribution in [0, 0.1) is 0 Å². The van der Waals surface area contributed by atoms with Gasteiger partial charge in [0, 0.05) is 22.8 Å². The molecule has 0 saturated heterocycles. The predicted molar refractivity (Wildman–Crippen MR) is 89.4 cm³/mol. The Morgan fingerprint density at radius 3 is 2.59 bits per heavy atom. The number of carbonyl (C=O) groups is 1. The maximum absolute atomic E-state index is 11.8. The van der Waals surface area contributed by atoms with Crippen LogP contribution in [0.25, 0.3) is 0 Å². The molecule has 1 heterocycles. The van der Waals surface area contributed by atoms with Crippen LogP contribution in [0.4, 0.5) is 4.79 Å². The van der Waals surface area contributed by atoms with Crippen molar-refractivity contribution in [2.75, 3.05) is 6.54 Å². The number of amides is 2. The van der Waals surface area contributed by atoms with Gasteiger partial charge < -0.3 is 10.6 Å². The molecule has 1 atom stereocenters. The third-order valence-corrected chi connectivity index (χ3v) is 3.54. The summed E-state index contributed by atoms with van der Waals surface area (Å²) in [6, 6.07) is 10.6. The van der Waals surface area contributed by atoms with E-state index in [1.165, 1.54) is 0 Å². The maximum Gasteiger partial charge on any atom is 0.315 e. The number of benzene rings is 1. The highest BCUT2D eigenvalue weighted by Gasteiger charge is 2.09. The highest BCUT2D eigenvalue weighted by atomic mass is 35.5. The second-order valence-electron chi connectivity index (χ2n) is 4.90. The molecule has 6 heteroatoms. The molecule has 0 fully saturated rings. The first kappa shape index (κ1) is 16.6. The molecule has 1 aromatic heterocycles. The van der Waals surface area contributed by atoms with E-state index in [4.69, 9.17) is 23.2 Å². The molecule has 0 bridgehead atoms. The molecule has 2 amide bonds. The smallest absolute Gasteiger partial charge is 0.315 e. The molecule has 0 aliphatic carbocycles. The van der Waals surface area contributed by atoms with E-state index < -0.39 is 0 Å². The van der Waals surface area contributed by atoms with Gasteiger partial charge in [0.15, 0.2) is 0 Å². The molecule has 2 rings (SSSR count). The second kappa shape index (κ2) is 8.01.